The highest BCUT2D eigenvalue weighted by Crippen LogP contribution is 2.24. The second-order valence-corrected chi connectivity index (χ2v) is 7.23. The molecule has 0 radical (unpaired) electrons. The molecule has 4 rings (SSSR count). The minimum Gasteiger partial charge on any atom is -0.366 e. The van der Waals surface area contributed by atoms with E-state index in [-0.39, 0.29) is 5.82 Å². The number of nitrogens with zero attached hydrogens (tertiary/aromatic N) is 6. The van der Waals surface area contributed by atoms with E-state index in [1.54, 1.807) is 12.3 Å². The van der Waals surface area contributed by atoms with E-state index in [2.05, 4.69) is 31.8 Å². The standard InChI is InChI=1S/C19H25FN6/c1-15-5-4-8-26(14-15)18-13-21-23-19(22-18)25-11-9-24(10-12-25)17-7-3-2-6-16(17)20/h2-3,6-7,13,15H,4-5,8-12,14H2,1H3. The number of anilines is 3. The van der Waals surface area contributed by atoms with Crippen LogP contribution in [0.2, 0.25) is 0 Å². The summed E-state index contributed by atoms with van der Waals surface area (Å²) in [5.74, 6) is 2.11. The molecule has 0 N–H and O–H groups in total. The van der Waals surface area contributed by atoms with Crippen LogP contribution in [-0.2, 0) is 0 Å². The van der Waals surface area contributed by atoms with E-state index in [4.69, 9.17) is 4.98 Å². The third-order valence-corrected chi connectivity index (χ3v) is 5.27. The zero-order valence-electron chi connectivity index (χ0n) is 15.2. The van der Waals surface area contributed by atoms with Crippen LogP contribution < -0.4 is 14.7 Å². The zero-order chi connectivity index (χ0) is 17.9. The molecule has 0 spiro atoms. The normalized spacial score (nSPS) is 21.2. The molecule has 2 fully saturated rings. The third kappa shape index (κ3) is 3.57. The van der Waals surface area contributed by atoms with Gasteiger partial charge in [-0.15, -0.1) is 5.10 Å². The second kappa shape index (κ2) is 7.43. The number of hydrogen-bond donors (Lipinski definition) is 0. The first-order valence-electron chi connectivity index (χ1n) is 9.40. The summed E-state index contributed by atoms with van der Waals surface area (Å²) in [5.41, 5.74) is 0.669. The minimum absolute atomic E-state index is 0.167. The highest BCUT2D eigenvalue weighted by atomic mass is 19.1. The van der Waals surface area contributed by atoms with Gasteiger partial charge in [0.1, 0.15) is 5.82 Å². The van der Waals surface area contributed by atoms with Gasteiger partial charge in [-0.25, -0.2) is 4.39 Å². The first-order chi connectivity index (χ1) is 12.7. The van der Waals surface area contributed by atoms with Crippen LogP contribution in [0.15, 0.2) is 30.5 Å². The lowest BCUT2D eigenvalue weighted by atomic mass is 10.0. The van der Waals surface area contributed by atoms with Crippen molar-refractivity contribution in [1.82, 2.24) is 15.2 Å². The number of halogens is 1. The van der Waals surface area contributed by atoms with Crippen LogP contribution in [-0.4, -0.2) is 54.4 Å². The molecule has 3 heterocycles. The highest BCUT2D eigenvalue weighted by molar-refractivity contribution is 5.50. The largest absolute Gasteiger partial charge is 0.366 e. The summed E-state index contributed by atoms with van der Waals surface area (Å²) in [6.45, 7) is 7.35. The van der Waals surface area contributed by atoms with Gasteiger partial charge in [0.15, 0.2) is 5.82 Å². The van der Waals surface area contributed by atoms with E-state index in [9.17, 15) is 4.39 Å². The van der Waals surface area contributed by atoms with Crippen molar-refractivity contribution in [2.75, 3.05) is 54.0 Å². The smallest absolute Gasteiger partial charge is 0.247 e. The summed E-state index contributed by atoms with van der Waals surface area (Å²) < 4.78 is 14.0. The average molecular weight is 356 g/mol. The van der Waals surface area contributed by atoms with Crippen LogP contribution in [0.3, 0.4) is 0 Å². The monoisotopic (exact) mass is 356 g/mol. The van der Waals surface area contributed by atoms with Crippen molar-refractivity contribution in [1.29, 1.82) is 0 Å². The molecule has 138 valence electrons. The first kappa shape index (κ1) is 17.0. The summed E-state index contributed by atoms with van der Waals surface area (Å²) >= 11 is 0. The number of piperazine rings is 1. The number of aromatic nitrogens is 3. The average Bonchev–Trinajstić information content (AvgIpc) is 2.69. The molecular weight excluding hydrogens is 331 g/mol. The van der Waals surface area contributed by atoms with E-state index in [1.807, 2.05) is 12.1 Å². The van der Waals surface area contributed by atoms with Crippen molar-refractivity contribution in [3.63, 3.8) is 0 Å². The third-order valence-electron chi connectivity index (χ3n) is 5.27. The molecule has 0 aliphatic carbocycles. The Morgan fingerprint density at radius 2 is 1.77 bits per heavy atom. The number of benzene rings is 1. The molecule has 0 saturated carbocycles. The van der Waals surface area contributed by atoms with Gasteiger partial charge in [-0.3, -0.25) is 0 Å². The first-order valence-corrected chi connectivity index (χ1v) is 9.40. The Morgan fingerprint density at radius 1 is 1.00 bits per heavy atom. The number of rotatable bonds is 3. The van der Waals surface area contributed by atoms with Crippen LogP contribution >= 0.6 is 0 Å². The minimum atomic E-state index is -0.167. The predicted molar refractivity (Wildman–Crippen MR) is 101 cm³/mol. The molecule has 26 heavy (non-hydrogen) atoms. The van der Waals surface area contributed by atoms with Crippen LogP contribution in [0.4, 0.5) is 21.8 Å². The fourth-order valence-corrected chi connectivity index (χ4v) is 3.83. The van der Waals surface area contributed by atoms with Crippen LogP contribution in [0.1, 0.15) is 19.8 Å². The zero-order valence-corrected chi connectivity index (χ0v) is 15.2. The summed E-state index contributed by atoms with van der Waals surface area (Å²) in [7, 11) is 0. The Kier molecular flexibility index (Phi) is 4.86. The molecule has 7 heteroatoms. The lowest BCUT2D eigenvalue weighted by Gasteiger charge is -2.36. The lowest BCUT2D eigenvalue weighted by Crippen LogP contribution is -2.47. The van der Waals surface area contributed by atoms with Gasteiger partial charge in [0.25, 0.3) is 0 Å². The van der Waals surface area contributed by atoms with Crippen molar-refractivity contribution >= 4 is 17.5 Å². The van der Waals surface area contributed by atoms with Crippen molar-refractivity contribution < 1.29 is 4.39 Å². The van der Waals surface area contributed by atoms with E-state index >= 15 is 0 Å². The van der Waals surface area contributed by atoms with Crippen molar-refractivity contribution in [3.8, 4) is 0 Å². The summed E-state index contributed by atoms with van der Waals surface area (Å²) in [6.07, 6.45) is 4.23. The van der Waals surface area contributed by atoms with Gasteiger partial charge in [-0.05, 0) is 30.9 Å². The van der Waals surface area contributed by atoms with E-state index in [0.29, 0.717) is 17.6 Å². The lowest BCUT2D eigenvalue weighted by molar-refractivity contribution is 0.444. The Balaban J connectivity index is 1.43. The van der Waals surface area contributed by atoms with Gasteiger partial charge in [-0.1, -0.05) is 19.1 Å². The van der Waals surface area contributed by atoms with Gasteiger partial charge >= 0.3 is 0 Å². The van der Waals surface area contributed by atoms with Crippen LogP contribution in [0, 0.1) is 11.7 Å². The van der Waals surface area contributed by atoms with Crippen LogP contribution in [0.5, 0.6) is 0 Å². The second-order valence-electron chi connectivity index (χ2n) is 7.23. The summed E-state index contributed by atoms with van der Waals surface area (Å²) in [5, 5.41) is 8.42. The quantitative estimate of drug-likeness (QED) is 0.842. The van der Waals surface area contributed by atoms with E-state index in [1.165, 1.54) is 18.9 Å². The highest BCUT2D eigenvalue weighted by Gasteiger charge is 2.23. The number of piperidine rings is 1. The molecule has 2 saturated heterocycles. The molecule has 1 aromatic heterocycles. The van der Waals surface area contributed by atoms with Gasteiger partial charge in [0.05, 0.1) is 11.9 Å². The number of hydrogen-bond acceptors (Lipinski definition) is 6. The van der Waals surface area contributed by atoms with Gasteiger partial charge in [0.2, 0.25) is 5.95 Å². The molecular formula is C19H25FN6. The molecule has 0 bridgehead atoms. The summed E-state index contributed by atoms with van der Waals surface area (Å²) in [6, 6.07) is 6.95. The van der Waals surface area contributed by atoms with Crippen molar-refractivity contribution in [3.05, 3.63) is 36.3 Å². The van der Waals surface area contributed by atoms with Gasteiger partial charge in [0, 0.05) is 39.3 Å². The molecule has 1 aromatic carbocycles. The maximum Gasteiger partial charge on any atom is 0.247 e. The molecule has 2 aromatic rings. The molecule has 6 nitrogen and oxygen atoms in total. The Hall–Kier alpha value is -2.44. The van der Waals surface area contributed by atoms with E-state index in [0.717, 1.165) is 45.1 Å². The molecule has 0 amide bonds. The Morgan fingerprint density at radius 3 is 2.54 bits per heavy atom. The Bertz CT molecular complexity index is 746. The summed E-state index contributed by atoms with van der Waals surface area (Å²) in [4.78, 5) is 11.3. The fraction of sp³-hybridized carbons (Fsp3) is 0.526. The van der Waals surface area contributed by atoms with E-state index < -0.39 is 0 Å². The van der Waals surface area contributed by atoms with Gasteiger partial charge in [-0.2, -0.15) is 10.1 Å². The SMILES string of the molecule is CC1CCCN(c2cnnc(N3CCN(c4ccccc4F)CC3)n2)C1. The van der Waals surface area contributed by atoms with Gasteiger partial charge < -0.3 is 14.7 Å². The fourth-order valence-electron chi connectivity index (χ4n) is 3.83. The Labute approximate surface area is 153 Å². The van der Waals surface area contributed by atoms with Crippen molar-refractivity contribution in [2.45, 2.75) is 19.8 Å². The molecule has 2 aliphatic rings. The number of para-hydroxylation sites is 1. The topological polar surface area (TPSA) is 48.4 Å². The molecule has 1 atom stereocenters. The maximum atomic E-state index is 14.0. The molecule has 1 unspecified atom stereocenters. The van der Waals surface area contributed by atoms with Crippen LogP contribution in [0.25, 0.3) is 0 Å². The molecule has 2 aliphatic heterocycles. The maximum absolute atomic E-state index is 14.0. The van der Waals surface area contributed by atoms with Crippen molar-refractivity contribution in [2.24, 2.45) is 5.92 Å². The predicted octanol–water partition coefficient (Wildman–Crippen LogP) is 2.57.